The Morgan fingerprint density at radius 3 is 2.32 bits per heavy atom. The van der Waals surface area contributed by atoms with Gasteiger partial charge in [0.05, 0.1) is 48.6 Å². The van der Waals surface area contributed by atoms with Crippen LogP contribution in [0, 0.1) is 6.92 Å². The average molecular weight is 700 g/mol. The van der Waals surface area contributed by atoms with E-state index < -0.39 is 10.1 Å². The first kappa shape index (κ1) is 36.2. The number of nitrogens with one attached hydrogen (secondary N) is 1. The fourth-order valence-electron chi connectivity index (χ4n) is 5.25. The Balaban J connectivity index is 1.40. The van der Waals surface area contributed by atoms with Gasteiger partial charge in [0.25, 0.3) is 16.0 Å². The minimum absolute atomic E-state index is 0.0358. The predicted molar refractivity (Wildman–Crippen MR) is 192 cm³/mol. The lowest BCUT2D eigenvalue weighted by molar-refractivity contribution is 0.0948. The van der Waals surface area contributed by atoms with Crippen molar-refractivity contribution in [2.45, 2.75) is 37.5 Å². The Morgan fingerprint density at radius 1 is 0.840 bits per heavy atom. The summed E-state index contributed by atoms with van der Waals surface area (Å²) in [6.07, 6.45) is 5.89. The lowest BCUT2D eigenvalue weighted by Crippen LogP contribution is -2.25. The summed E-state index contributed by atoms with van der Waals surface area (Å²) in [6.45, 7) is 2.87. The van der Waals surface area contributed by atoms with Gasteiger partial charge in [0.2, 0.25) is 0 Å². The lowest BCUT2D eigenvalue weighted by atomic mass is 10.1. The molecule has 2 heterocycles. The average Bonchev–Trinajstić information content (AvgIpc) is 3.14. The van der Waals surface area contributed by atoms with E-state index in [1.54, 1.807) is 56.9 Å². The first-order chi connectivity index (χ1) is 24.2. The van der Waals surface area contributed by atoms with Crippen molar-refractivity contribution in [2.75, 3.05) is 45.4 Å². The summed E-state index contributed by atoms with van der Waals surface area (Å²) in [5, 5.41) is 11.8. The van der Waals surface area contributed by atoms with Crippen LogP contribution in [0.3, 0.4) is 0 Å². The number of pyridine rings is 1. The summed E-state index contributed by atoms with van der Waals surface area (Å²) in [4.78, 5) is 28.6. The van der Waals surface area contributed by atoms with Crippen molar-refractivity contribution < 1.29 is 32.0 Å². The van der Waals surface area contributed by atoms with Crippen molar-refractivity contribution in [3.63, 3.8) is 0 Å². The van der Waals surface area contributed by atoms with E-state index in [0.29, 0.717) is 59.7 Å². The molecule has 0 saturated heterocycles. The standard InChI is InChI=1S/C37H41N5O7S/c1-26-8-11-32(12-9-26)50(45,46)49-19-7-17-42(29-21-30(47-2)24-31(22-29)48-3)28-10-13-33-34(23-28)41-36(25-40-33)27-14-16-38-35(20-27)37(44)39-15-5-4-6-18-43/h8-14,16,20-25,43H,4-7,15,17-19H2,1-3H3,(H,39,44). The molecule has 0 aliphatic carbocycles. The third-order valence-electron chi connectivity index (χ3n) is 7.97. The number of amides is 1. The van der Waals surface area contributed by atoms with E-state index in [1.165, 1.54) is 12.1 Å². The normalized spacial score (nSPS) is 11.4. The number of carbonyl (C=O) groups is 1. The summed E-state index contributed by atoms with van der Waals surface area (Å²) < 4.78 is 42.1. The minimum Gasteiger partial charge on any atom is -0.497 e. The van der Waals surface area contributed by atoms with Crippen LogP contribution in [0.2, 0.25) is 0 Å². The first-order valence-electron chi connectivity index (χ1n) is 16.3. The summed E-state index contributed by atoms with van der Waals surface area (Å²) in [7, 11) is -0.764. The zero-order valence-electron chi connectivity index (χ0n) is 28.3. The van der Waals surface area contributed by atoms with Crippen molar-refractivity contribution in [1.82, 2.24) is 20.3 Å². The number of fused-ring (bicyclic) bond motifs is 1. The molecule has 0 unspecified atom stereocenters. The van der Waals surface area contributed by atoms with Crippen LogP contribution in [0.4, 0.5) is 11.4 Å². The van der Waals surface area contributed by atoms with E-state index in [0.717, 1.165) is 29.8 Å². The van der Waals surface area contributed by atoms with Crippen LogP contribution >= 0.6 is 0 Å². The summed E-state index contributed by atoms with van der Waals surface area (Å²) in [5.41, 5.74) is 5.29. The number of benzene rings is 3. The van der Waals surface area contributed by atoms with Gasteiger partial charge in [0.1, 0.15) is 17.2 Å². The van der Waals surface area contributed by atoms with Crippen LogP contribution in [0.25, 0.3) is 22.3 Å². The zero-order chi connectivity index (χ0) is 35.5. The van der Waals surface area contributed by atoms with Crippen LogP contribution in [0.5, 0.6) is 11.5 Å². The van der Waals surface area contributed by atoms with Crippen molar-refractivity contribution in [3.8, 4) is 22.8 Å². The van der Waals surface area contributed by atoms with E-state index in [-0.39, 0.29) is 29.7 Å². The Labute approximate surface area is 292 Å². The Morgan fingerprint density at radius 2 is 1.60 bits per heavy atom. The zero-order valence-corrected chi connectivity index (χ0v) is 29.2. The monoisotopic (exact) mass is 699 g/mol. The van der Waals surface area contributed by atoms with Gasteiger partial charge in [-0.2, -0.15) is 8.42 Å². The Kier molecular flexibility index (Phi) is 12.3. The molecule has 0 aliphatic heterocycles. The largest absolute Gasteiger partial charge is 0.497 e. The highest BCUT2D eigenvalue weighted by atomic mass is 32.2. The van der Waals surface area contributed by atoms with Gasteiger partial charge < -0.3 is 24.8 Å². The molecular weight excluding hydrogens is 659 g/mol. The summed E-state index contributed by atoms with van der Waals surface area (Å²) in [5.74, 6) is 0.896. The molecule has 0 spiro atoms. The van der Waals surface area contributed by atoms with Crippen LogP contribution in [-0.4, -0.2) is 74.9 Å². The second-order valence-electron chi connectivity index (χ2n) is 11.6. The van der Waals surface area contributed by atoms with Crippen molar-refractivity contribution in [3.05, 3.63) is 96.4 Å². The molecule has 2 N–H and O–H groups in total. The van der Waals surface area contributed by atoms with Crippen LogP contribution in [0.15, 0.2) is 90.1 Å². The molecule has 1 amide bonds. The second kappa shape index (κ2) is 17.0. The van der Waals surface area contributed by atoms with E-state index in [2.05, 4.69) is 15.3 Å². The molecule has 0 bridgehead atoms. The fourth-order valence-corrected chi connectivity index (χ4v) is 6.19. The maximum atomic E-state index is 12.8. The highest BCUT2D eigenvalue weighted by Gasteiger charge is 2.18. The lowest BCUT2D eigenvalue weighted by Gasteiger charge is -2.26. The second-order valence-corrected chi connectivity index (χ2v) is 13.2. The molecule has 0 saturated carbocycles. The van der Waals surface area contributed by atoms with Gasteiger partial charge in [-0.05, 0) is 75.1 Å². The molecule has 0 aliphatic rings. The number of aryl methyl sites for hydroxylation is 1. The number of unbranched alkanes of at least 4 members (excludes halogenated alkanes) is 2. The highest BCUT2D eigenvalue weighted by molar-refractivity contribution is 7.86. The highest BCUT2D eigenvalue weighted by Crippen LogP contribution is 2.34. The molecule has 0 atom stereocenters. The topological polar surface area (TPSA) is 153 Å². The Hall–Kier alpha value is -5.11. The van der Waals surface area contributed by atoms with Gasteiger partial charge in [0.15, 0.2) is 0 Å². The van der Waals surface area contributed by atoms with E-state index in [9.17, 15) is 13.2 Å². The summed E-state index contributed by atoms with van der Waals surface area (Å²) >= 11 is 0. The van der Waals surface area contributed by atoms with E-state index in [4.69, 9.17) is 23.7 Å². The number of anilines is 2. The van der Waals surface area contributed by atoms with Gasteiger partial charge in [0, 0.05) is 61.0 Å². The SMILES string of the molecule is COc1cc(OC)cc(N(CCCOS(=O)(=O)c2ccc(C)cc2)c2ccc3ncc(-c4ccnc(C(=O)NCCCCCO)c4)nc3c2)c1. The van der Waals surface area contributed by atoms with Crippen LogP contribution in [0.1, 0.15) is 41.7 Å². The molecule has 3 aromatic carbocycles. The number of methoxy groups -OCH3 is 2. The van der Waals surface area contributed by atoms with Gasteiger partial charge in [-0.3, -0.25) is 18.9 Å². The number of aliphatic hydroxyl groups excluding tert-OH is 1. The number of rotatable bonds is 17. The van der Waals surface area contributed by atoms with Crippen molar-refractivity contribution >= 4 is 38.4 Å². The number of hydrogen-bond donors (Lipinski definition) is 2. The number of ether oxygens (including phenoxy) is 2. The van der Waals surface area contributed by atoms with E-state index in [1.807, 2.05) is 42.2 Å². The number of carbonyl (C=O) groups excluding carboxylic acids is 1. The molecular formula is C37H41N5O7S. The number of aromatic nitrogens is 3. The third kappa shape index (κ3) is 9.31. The smallest absolute Gasteiger partial charge is 0.296 e. The molecule has 5 aromatic rings. The van der Waals surface area contributed by atoms with Crippen LogP contribution < -0.4 is 19.7 Å². The van der Waals surface area contributed by atoms with Gasteiger partial charge >= 0.3 is 0 Å². The van der Waals surface area contributed by atoms with Crippen LogP contribution in [-0.2, 0) is 14.3 Å². The van der Waals surface area contributed by atoms with Crippen molar-refractivity contribution in [2.24, 2.45) is 0 Å². The van der Waals surface area contributed by atoms with Gasteiger partial charge in [-0.1, -0.05) is 17.7 Å². The molecule has 0 fully saturated rings. The van der Waals surface area contributed by atoms with E-state index >= 15 is 0 Å². The fraction of sp³-hybridized carbons (Fsp3) is 0.297. The van der Waals surface area contributed by atoms with Gasteiger partial charge in [-0.25, -0.2) is 4.98 Å². The summed E-state index contributed by atoms with van der Waals surface area (Å²) in [6, 6.07) is 21.2. The first-order valence-corrected chi connectivity index (χ1v) is 17.7. The predicted octanol–water partition coefficient (Wildman–Crippen LogP) is 5.84. The number of nitrogens with zero attached hydrogens (tertiary/aromatic N) is 4. The molecule has 13 heteroatoms. The molecule has 50 heavy (non-hydrogen) atoms. The molecule has 0 radical (unpaired) electrons. The quantitative estimate of drug-likeness (QED) is 0.0889. The number of aliphatic hydroxyl groups is 1. The maximum Gasteiger partial charge on any atom is 0.296 e. The Bertz CT molecular complexity index is 2000. The molecule has 12 nitrogen and oxygen atoms in total. The number of hydrogen-bond acceptors (Lipinski definition) is 11. The third-order valence-corrected chi connectivity index (χ3v) is 9.29. The molecule has 2 aromatic heterocycles. The minimum atomic E-state index is -3.92. The molecule has 262 valence electrons. The van der Waals surface area contributed by atoms with Crippen molar-refractivity contribution in [1.29, 1.82) is 0 Å². The maximum absolute atomic E-state index is 12.8. The van der Waals surface area contributed by atoms with Gasteiger partial charge in [-0.15, -0.1) is 0 Å². The molecule has 5 rings (SSSR count).